The van der Waals surface area contributed by atoms with E-state index in [-0.39, 0.29) is 35.2 Å². The molecule has 8 heteroatoms. The van der Waals surface area contributed by atoms with Crippen LogP contribution in [0.1, 0.15) is 66.2 Å². The average molecular weight is 423 g/mol. The number of hydrogen-bond donors (Lipinski definition) is 2. The van der Waals surface area contributed by atoms with E-state index in [1.165, 1.54) is 0 Å². The zero-order valence-electron chi connectivity index (χ0n) is 19.3. The lowest BCUT2D eigenvalue weighted by atomic mass is 9.80. The maximum absolute atomic E-state index is 12.8. The van der Waals surface area contributed by atoms with Crippen molar-refractivity contribution in [3.8, 4) is 0 Å². The van der Waals surface area contributed by atoms with Gasteiger partial charge in [-0.05, 0) is 53.4 Å². The third kappa shape index (κ3) is 2.80. The number of carbonyl (C=O) groups is 2. The molecule has 0 bridgehead atoms. The number of hydrogen-bond acceptors (Lipinski definition) is 6. The monoisotopic (exact) mass is 422 g/mol. The number of nitrogens with one attached hydrogen (secondary N) is 2. The number of carbonyl (C=O) groups excluding carboxylic acids is 2. The number of amides is 2. The number of β-lactam (4-membered cyclic amide) rings is 2. The normalized spacial score (nSPS) is 38.3. The molecular weight excluding hydrogens is 384 g/mol. The molecular formula is C22H38N4O4. The number of rotatable bonds is 9. The van der Waals surface area contributed by atoms with Gasteiger partial charge in [-0.15, -0.1) is 0 Å². The number of nitrogens with zero attached hydrogens (tertiary/aromatic N) is 2. The topological polar surface area (TPSA) is 83.1 Å². The van der Waals surface area contributed by atoms with Gasteiger partial charge in [0, 0.05) is 27.3 Å². The minimum atomic E-state index is -0.717. The van der Waals surface area contributed by atoms with Crippen molar-refractivity contribution >= 4 is 11.8 Å². The van der Waals surface area contributed by atoms with Crippen LogP contribution in [0.4, 0.5) is 0 Å². The highest BCUT2D eigenvalue weighted by Crippen LogP contribution is 2.46. The molecule has 2 amide bonds. The molecule has 0 aromatic heterocycles. The maximum Gasteiger partial charge on any atom is 0.260 e. The summed E-state index contributed by atoms with van der Waals surface area (Å²) in [5.41, 5.74) is -1.73. The summed E-state index contributed by atoms with van der Waals surface area (Å²) < 4.78 is 11.5. The van der Waals surface area contributed by atoms with Crippen molar-refractivity contribution in [2.45, 2.75) is 101 Å². The van der Waals surface area contributed by atoms with Gasteiger partial charge in [0.1, 0.15) is 12.3 Å². The molecule has 4 heterocycles. The Bertz CT molecular complexity index is 666. The van der Waals surface area contributed by atoms with Crippen molar-refractivity contribution in [3.63, 3.8) is 0 Å². The Morgan fingerprint density at radius 1 is 0.767 bits per heavy atom. The van der Waals surface area contributed by atoms with Crippen molar-refractivity contribution < 1.29 is 19.1 Å². The first-order valence-corrected chi connectivity index (χ1v) is 11.3. The van der Waals surface area contributed by atoms with Crippen LogP contribution < -0.4 is 10.6 Å². The smallest absolute Gasteiger partial charge is 0.260 e. The van der Waals surface area contributed by atoms with E-state index in [1.54, 1.807) is 14.2 Å². The van der Waals surface area contributed by atoms with Crippen LogP contribution in [0.15, 0.2) is 0 Å². The molecule has 8 nitrogen and oxygen atoms in total. The molecule has 0 aliphatic carbocycles. The quantitative estimate of drug-likeness (QED) is 0.429. The first kappa shape index (κ1) is 22.0. The number of fused-ring (bicyclic) bond motifs is 2. The summed E-state index contributed by atoms with van der Waals surface area (Å²) in [5.74, 6) is 0.219. The van der Waals surface area contributed by atoms with Crippen LogP contribution in [-0.2, 0) is 19.1 Å². The van der Waals surface area contributed by atoms with E-state index < -0.39 is 11.2 Å². The van der Waals surface area contributed by atoms with E-state index in [1.807, 2.05) is 9.80 Å². The van der Waals surface area contributed by atoms with Crippen LogP contribution >= 0.6 is 0 Å². The Labute approximate surface area is 180 Å². The van der Waals surface area contributed by atoms with Gasteiger partial charge < -0.3 is 19.3 Å². The lowest BCUT2D eigenvalue weighted by molar-refractivity contribution is -0.206. The molecule has 0 radical (unpaired) electrons. The van der Waals surface area contributed by atoms with Gasteiger partial charge in [0.15, 0.2) is 11.2 Å². The predicted molar refractivity (Wildman–Crippen MR) is 113 cm³/mol. The second-order valence-corrected chi connectivity index (χ2v) is 10.6. The molecule has 2 N–H and O–H groups in total. The maximum atomic E-state index is 12.8. The van der Waals surface area contributed by atoms with Crippen LogP contribution in [-0.4, -0.2) is 83.5 Å². The molecule has 4 aliphatic heterocycles. The third-order valence-corrected chi connectivity index (χ3v) is 7.90. The van der Waals surface area contributed by atoms with Gasteiger partial charge in [0.2, 0.25) is 0 Å². The first-order chi connectivity index (χ1) is 14.1. The fraction of sp³-hybridized carbons (Fsp3) is 0.909. The summed E-state index contributed by atoms with van der Waals surface area (Å²) in [7, 11) is 3.29. The molecule has 2 unspecified atom stereocenters. The molecule has 4 aliphatic rings. The Balaban J connectivity index is 1.24. The summed E-state index contributed by atoms with van der Waals surface area (Å²) in [6.07, 6.45) is 5.31. The SMILES string of the molecule is CO[C@@]1(CCCCCC[C@]2(OC)C(=O)N3C2NCC3(C)C)C(=O)N2C1NCC2(C)C. The second kappa shape index (κ2) is 7.15. The van der Waals surface area contributed by atoms with Crippen LogP contribution in [0, 0.1) is 0 Å². The van der Waals surface area contributed by atoms with Gasteiger partial charge in [0.25, 0.3) is 11.8 Å². The minimum absolute atomic E-state index is 0.0165. The van der Waals surface area contributed by atoms with E-state index in [0.717, 1.165) is 51.6 Å². The van der Waals surface area contributed by atoms with Gasteiger partial charge in [0.05, 0.1) is 11.1 Å². The van der Waals surface area contributed by atoms with Gasteiger partial charge in [-0.2, -0.15) is 0 Å². The molecule has 4 fully saturated rings. The van der Waals surface area contributed by atoms with Crippen molar-refractivity contribution in [2.75, 3.05) is 27.3 Å². The summed E-state index contributed by atoms with van der Waals surface area (Å²) in [5, 5.41) is 6.92. The van der Waals surface area contributed by atoms with Gasteiger partial charge >= 0.3 is 0 Å². The van der Waals surface area contributed by atoms with Gasteiger partial charge in [-0.25, -0.2) is 0 Å². The number of methoxy groups -OCH3 is 2. The Hall–Kier alpha value is -1.22. The van der Waals surface area contributed by atoms with Crippen molar-refractivity contribution in [3.05, 3.63) is 0 Å². The van der Waals surface area contributed by atoms with Crippen LogP contribution in [0.25, 0.3) is 0 Å². The summed E-state index contributed by atoms with van der Waals surface area (Å²) in [6, 6.07) is 0. The largest absolute Gasteiger partial charge is 0.365 e. The zero-order valence-corrected chi connectivity index (χ0v) is 19.3. The molecule has 4 atom stereocenters. The second-order valence-electron chi connectivity index (χ2n) is 10.6. The van der Waals surface area contributed by atoms with E-state index in [0.29, 0.717) is 0 Å². The number of unbranched alkanes of at least 4 members (excludes halogenated alkanes) is 3. The molecule has 4 saturated heterocycles. The molecule has 0 saturated carbocycles. The van der Waals surface area contributed by atoms with Crippen LogP contribution in [0.3, 0.4) is 0 Å². The summed E-state index contributed by atoms with van der Waals surface area (Å²) in [6.45, 7) is 9.95. The molecule has 4 rings (SSSR count). The van der Waals surface area contributed by atoms with E-state index in [4.69, 9.17) is 9.47 Å². The Kier molecular flexibility index (Phi) is 5.24. The van der Waals surface area contributed by atoms with Gasteiger partial charge in [-0.3, -0.25) is 20.2 Å². The summed E-state index contributed by atoms with van der Waals surface area (Å²) in [4.78, 5) is 29.5. The Morgan fingerprint density at radius 2 is 1.13 bits per heavy atom. The Morgan fingerprint density at radius 3 is 1.47 bits per heavy atom. The van der Waals surface area contributed by atoms with E-state index in [9.17, 15) is 9.59 Å². The first-order valence-electron chi connectivity index (χ1n) is 11.3. The third-order valence-electron chi connectivity index (χ3n) is 7.90. The standard InChI is InChI=1S/C22H38N4O4/c1-19(2)13-23-15-21(29-5,17(27)25(15)19)11-9-7-8-10-12-22(30-6)16-24-14-20(3,4)26(16)18(22)28/h15-16,23-24H,7-14H2,1-6H3/t15?,16?,21-,22-/m1/s1. The van der Waals surface area contributed by atoms with E-state index >= 15 is 0 Å². The fourth-order valence-electron chi connectivity index (χ4n) is 6.00. The fourth-order valence-corrected chi connectivity index (χ4v) is 6.00. The average Bonchev–Trinajstić information content (AvgIpc) is 3.15. The van der Waals surface area contributed by atoms with Crippen molar-refractivity contribution in [1.29, 1.82) is 0 Å². The molecule has 0 aromatic carbocycles. The van der Waals surface area contributed by atoms with Crippen LogP contribution in [0.2, 0.25) is 0 Å². The van der Waals surface area contributed by atoms with E-state index in [2.05, 4.69) is 38.3 Å². The zero-order chi connectivity index (χ0) is 21.9. The predicted octanol–water partition coefficient (Wildman–Crippen LogP) is 1.20. The molecule has 30 heavy (non-hydrogen) atoms. The lowest BCUT2D eigenvalue weighted by Crippen LogP contribution is -2.77. The highest BCUT2D eigenvalue weighted by Gasteiger charge is 2.68. The molecule has 170 valence electrons. The molecule has 0 aromatic rings. The lowest BCUT2D eigenvalue weighted by Gasteiger charge is -2.55. The van der Waals surface area contributed by atoms with Crippen molar-refractivity contribution in [1.82, 2.24) is 20.4 Å². The minimum Gasteiger partial charge on any atom is -0.365 e. The van der Waals surface area contributed by atoms with Gasteiger partial charge in [-0.1, -0.05) is 12.8 Å². The highest BCUT2D eigenvalue weighted by atomic mass is 16.5. The summed E-state index contributed by atoms with van der Waals surface area (Å²) >= 11 is 0. The van der Waals surface area contributed by atoms with Crippen molar-refractivity contribution in [2.24, 2.45) is 0 Å². The highest BCUT2D eigenvalue weighted by molar-refractivity contribution is 5.94. The van der Waals surface area contributed by atoms with Crippen LogP contribution in [0.5, 0.6) is 0 Å². The molecule has 0 spiro atoms. The number of ether oxygens (including phenoxy) is 2.